The summed E-state index contributed by atoms with van der Waals surface area (Å²) in [7, 11) is 1.72. The lowest BCUT2D eigenvalue weighted by atomic mass is 10.2. The van der Waals surface area contributed by atoms with E-state index in [0.29, 0.717) is 23.7 Å². The number of methoxy groups -OCH3 is 1. The fraction of sp³-hybridized carbons (Fsp3) is 0.333. The standard InChI is InChI=1S/C21H25N5O2S/c1-3-10-25-20(19-9-6-15-28-19)22-26(21(25)29)16-23-11-13-24(14-12-23)17-7-4-5-8-18(17)27-2/h3-9,15H,1,10-14,16H2,2H3. The molecule has 0 amide bonds. The number of furan rings is 1. The van der Waals surface area contributed by atoms with Crippen molar-refractivity contribution in [2.24, 2.45) is 0 Å². The van der Waals surface area contributed by atoms with E-state index in [0.717, 1.165) is 43.4 Å². The first-order chi connectivity index (χ1) is 14.2. The molecule has 4 rings (SSSR count). The van der Waals surface area contributed by atoms with Crippen LogP contribution in [0.15, 0.2) is 59.7 Å². The number of para-hydroxylation sites is 2. The predicted octanol–water partition coefficient (Wildman–Crippen LogP) is 3.65. The van der Waals surface area contributed by atoms with Crippen molar-refractivity contribution >= 4 is 17.9 Å². The molecule has 8 heteroatoms. The highest BCUT2D eigenvalue weighted by Gasteiger charge is 2.21. The molecule has 0 aliphatic carbocycles. The zero-order valence-electron chi connectivity index (χ0n) is 16.5. The van der Waals surface area contributed by atoms with Crippen molar-refractivity contribution in [1.29, 1.82) is 0 Å². The van der Waals surface area contributed by atoms with E-state index in [1.807, 2.05) is 45.7 Å². The number of piperazine rings is 1. The van der Waals surface area contributed by atoms with E-state index in [1.54, 1.807) is 13.4 Å². The van der Waals surface area contributed by atoms with Crippen molar-refractivity contribution in [3.8, 4) is 17.3 Å². The fourth-order valence-corrected chi connectivity index (χ4v) is 3.89. The van der Waals surface area contributed by atoms with E-state index in [1.165, 1.54) is 0 Å². The number of anilines is 1. The second-order valence-electron chi connectivity index (χ2n) is 6.90. The third kappa shape index (κ3) is 3.99. The van der Waals surface area contributed by atoms with Crippen molar-refractivity contribution in [3.63, 3.8) is 0 Å². The number of hydrogen-bond donors (Lipinski definition) is 0. The van der Waals surface area contributed by atoms with Gasteiger partial charge in [0.1, 0.15) is 5.75 Å². The summed E-state index contributed by atoms with van der Waals surface area (Å²) in [5.74, 6) is 2.35. The second-order valence-corrected chi connectivity index (χ2v) is 7.27. The molecule has 152 valence electrons. The number of allylic oxidation sites excluding steroid dienone is 1. The van der Waals surface area contributed by atoms with Crippen molar-refractivity contribution in [2.45, 2.75) is 13.2 Å². The Kier molecular flexibility index (Phi) is 5.82. The predicted molar refractivity (Wildman–Crippen MR) is 116 cm³/mol. The summed E-state index contributed by atoms with van der Waals surface area (Å²) in [4.78, 5) is 4.72. The van der Waals surface area contributed by atoms with Crippen LogP contribution in [-0.4, -0.2) is 52.5 Å². The first kappa shape index (κ1) is 19.5. The maximum absolute atomic E-state index is 5.67. The summed E-state index contributed by atoms with van der Waals surface area (Å²) in [6.45, 7) is 8.76. The van der Waals surface area contributed by atoms with Gasteiger partial charge in [0.15, 0.2) is 16.4 Å². The fourth-order valence-electron chi connectivity index (χ4n) is 3.63. The minimum absolute atomic E-state index is 0.594. The lowest BCUT2D eigenvalue weighted by Gasteiger charge is -2.36. The maximum Gasteiger partial charge on any atom is 0.199 e. The molecular weight excluding hydrogens is 386 g/mol. The molecule has 1 aliphatic heterocycles. The minimum atomic E-state index is 0.594. The van der Waals surface area contributed by atoms with Gasteiger partial charge in [-0.1, -0.05) is 18.2 Å². The van der Waals surface area contributed by atoms with Gasteiger partial charge in [0.25, 0.3) is 0 Å². The Labute approximate surface area is 175 Å². The van der Waals surface area contributed by atoms with Gasteiger partial charge in [0.05, 0.1) is 25.7 Å². The van der Waals surface area contributed by atoms with Gasteiger partial charge in [-0.3, -0.25) is 9.47 Å². The Morgan fingerprint density at radius 1 is 1.17 bits per heavy atom. The van der Waals surface area contributed by atoms with Crippen molar-refractivity contribution in [2.75, 3.05) is 38.2 Å². The molecule has 0 radical (unpaired) electrons. The molecule has 0 unspecified atom stereocenters. The van der Waals surface area contributed by atoms with E-state index in [2.05, 4.69) is 22.4 Å². The Bertz CT molecular complexity index is 1020. The van der Waals surface area contributed by atoms with Crippen LogP contribution in [0.3, 0.4) is 0 Å². The number of aromatic nitrogens is 3. The average Bonchev–Trinajstić information content (AvgIpc) is 3.39. The summed E-state index contributed by atoms with van der Waals surface area (Å²) in [6.07, 6.45) is 3.47. The van der Waals surface area contributed by atoms with Crippen LogP contribution in [0, 0.1) is 4.77 Å². The molecule has 1 aliphatic rings. The number of hydrogen-bond acceptors (Lipinski definition) is 6. The van der Waals surface area contributed by atoms with Gasteiger partial charge >= 0.3 is 0 Å². The van der Waals surface area contributed by atoms with E-state index in [4.69, 9.17) is 26.5 Å². The molecular formula is C21H25N5O2S. The van der Waals surface area contributed by atoms with Crippen LogP contribution in [0.1, 0.15) is 0 Å². The molecule has 0 bridgehead atoms. The van der Waals surface area contributed by atoms with E-state index >= 15 is 0 Å². The Morgan fingerprint density at radius 3 is 2.66 bits per heavy atom. The van der Waals surface area contributed by atoms with E-state index < -0.39 is 0 Å². The van der Waals surface area contributed by atoms with E-state index in [9.17, 15) is 0 Å². The normalized spacial score (nSPS) is 14.9. The van der Waals surface area contributed by atoms with Gasteiger partial charge in [0, 0.05) is 32.7 Å². The number of ether oxygens (including phenoxy) is 1. The molecule has 0 spiro atoms. The zero-order chi connectivity index (χ0) is 20.2. The molecule has 7 nitrogen and oxygen atoms in total. The van der Waals surface area contributed by atoms with Crippen LogP contribution >= 0.6 is 12.2 Å². The molecule has 0 N–H and O–H groups in total. The quantitative estimate of drug-likeness (QED) is 0.437. The zero-order valence-corrected chi connectivity index (χ0v) is 17.3. The lowest BCUT2D eigenvalue weighted by Crippen LogP contribution is -2.47. The topological polar surface area (TPSA) is 51.6 Å². The second kappa shape index (κ2) is 8.67. The van der Waals surface area contributed by atoms with Gasteiger partial charge in [-0.05, 0) is 36.5 Å². The highest BCUT2D eigenvalue weighted by molar-refractivity contribution is 7.71. The molecule has 2 aromatic heterocycles. The Hall–Kier alpha value is -2.84. The third-order valence-corrected chi connectivity index (χ3v) is 5.54. The first-order valence-corrected chi connectivity index (χ1v) is 10.0. The molecule has 29 heavy (non-hydrogen) atoms. The number of nitrogens with zero attached hydrogens (tertiary/aromatic N) is 5. The molecule has 1 fully saturated rings. The van der Waals surface area contributed by atoms with Crippen LogP contribution in [0.4, 0.5) is 5.69 Å². The molecule has 1 saturated heterocycles. The molecule has 0 atom stereocenters. The Balaban J connectivity index is 1.48. The van der Waals surface area contributed by atoms with Crippen LogP contribution < -0.4 is 9.64 Å². The first-order valence-electron chi connectivity index (χ1n) is 9.64. The van der Waals surface area contributed by atoms with Gasteiger partial charge < -0.3 is 14.1 Å². The molecule has 1 aromatic carbocycles. The van der Waals surface area contributed by atoms with Gasteiger partial charge in [0.2, 0.25) is 0 Å². The van der Waals surface area contributed by atoms with Gasteiger partial charge in [-0.15, -0.1) is 11.7 Å². The smallest absolute Gasteiger partial charge is 0.199 e. The van der Waals surface area contributed by atoms with E-state index in [-0.39, 0.29) is 0 Å². The van der Waals surface area contributed by atoms with Gasteiger partial charge in [-0.25, -0.2) is 4.68 Å². The largest absolute Gasteiger partial charge is 0.495 e. The minimum Gasteiger partial charge on any atom is -0.495 e. The van der Waals surface area contributed by atoms with Crippen molar-refractivity contribution in [1.82, 2.24) is 19.2 Å². The van der Waals surface area contributed by atoms with Crippen LogP contribution in [-0.2, 0) is 13.2 Å². The molecule has 0 saturated carbocycles. The lowest BCUT2D eigenvalue weighted by molar-refractivity contribution is 0.194. The number of benzene rings is 1. The summed E-state index contributed by atoms with van der Waals surface area (Å²) < 4.78 is 15.5. The average molecular weight is 412 g/mol. The summed E-state index contributed by atoms with van der Waals surface area (Å²) in [5, 5.41) is 4.73. The van der Waals surface area contributed by atoms with Gasteiger partial charge in [-0.2, -0.15) is 0 Å². The maximum atomic E-state index is 5.67. The van der Waals surface area contributed by atoms with Crippen molar-refractivity contribution in [3.05, 3.63) is 60.1 Å². The third-order valence-electron chi connectivity index (χ3n) is 5.11. The number of rotatable bonds is 7. The summed E-state index contributed by atoms with van der Waals surface area (Å²) in [5.41, 5.74) is 1.14. The molecule has 3 heterocycles. The summed E-state index contributed by atoms with van der Waals surface area (Å²) in [6, 6.07) is 11.9. The van der Waals surface area contributed by atoms with Crippen LogP contribution in [0.5, 0.6) is 5.75 Å². The SMILES string of the molecule is C=CCn1c(-c2ccco2)nn(CN2CCN(c3ccccc3OC)CC2)c1=S. The molecule has 3 aromatic rings. The van der Waals surface area contributed by atoms with Crippen LogP contribution in [0.25, 0.3) is 11.6 Å². The van der Waals surface area contributed by atoms with Crippen LogP contribution in [0.2, 0.25) is 0 Å². The highest BCUT2D eigenvalue weighted by Crippen LogP contribution is 2.28. The monoisotopic (exact) mass is 411 g/mol. The summed E-state index contributed by atoms with van der Waals surface area (Å²) >= 11 is 5.67. The van der Waals surface area contributed by atoms with Crippen molar-refractivity contribution < 1.29 is 9.15 Å². The highest BCUT2D eigenvalue weighted by atomic mass is 32.1. The Morgan fingerprint density at radius 2 is 1.97 bits per heavy atom.